The van der Waals surface area contributed by atoms with Crippen LogP contribution < -0.4 is 5.32 Å². The van der Waals surface area contributed by atoms with Crippen molar-refractivity contribution in [2.24, 2.45) is 5.92 Å². The SMILES string of the molecule is O=C(Cc1ccc(F)cc1F)NCC1CCCC1Br. The monoisotopic (exact) mass is 331 g/mol. The molecule has 2 nitrogen and oxygen atoms in total. The van der Waals surface area contributed by atoms with Gasteiger partial charge in [0, 0.05) is 17.4 Å². The van der Waals surface area contributed by atoms with Crippen LogP contribution in [-0.2, 0) is 11.2 Å². The summed E-state index contributed by atoms with van der Waals surface area (Å²) >= 11 is 3.59. The maximum atomic E-state index is 13.4. The van der Waals surface area contributed by atoms with Crippen molar-refractivity contribution in [3.05, 3.63) is 35.4 Å². The molecule has 0 radical (unpaired) electrons. The maximum absolute atomic E-state index is 13.4. The number of carbonyl (C=O) groups excluding carboxylic acids is 1. The third-order valence-corrected chi connectivity index (χ3v) is 4.70. The van der Waals surface area contributed by atoms with Crippen molar-refractivity contribution < 1.29 is 13.6 Å². The van der Waals surface area contributed by atoms with Crippen LogP contribution in [-0.4, -0.2) is 17.3 Å². The van der Waals surface area contributed by atoms with E-state index >= 15 is 0 Å². The lowest BCUT2D eigenvalue weighted by molar-refractivity contribution is -0.120. The molecular weight excluding hydrogens is 316 g/mol. The highest BCUT2D eigenvalue weighted by atomic mass is 79.9. The third-order valence-electron chi connectivity index (χ3n) is 3.49. The molecule has 1 N–H and O–H groups in total. The second-order valence-corrected chi connectivity index (χ2v) is 6.10. The Balaban J connectivity index is 1.84. The van der Waals surface area contributed by atoms with Crippen LogP contribution >= 0.6 is 15.9 Å². The van der Waals surface area contributed by atoms with Crippen LogP contribution in [0, 0.1) is 17.6 Å². The van der Waals surface area contributed by atoms with Gasteiger partial charge in [0.25, 0.3) is 0 Å². The van der Waals surface area contributed by atoms with Gasteiger partial charge < -0.3 is 5.32 Å². The molecule has 0 spiro atoms. The molecular formula is C14H16BrF2NO. The van der Waals surface area contributed by atoms with Gasteiger partial charge in [-0.2, -0.15) is 0 Å². The van der Waals surface area contributed by atoms with E-state index < -0.39 is 11.6 Å². The molecule has 1 aliphatic carbocycles. The molecule has 2 unspecified atom stereocenters. The molecule has 1 aromatic carbocycles. The molecule has 19 heavy (non-hydrogen) atoms. The Labute approximate surface area is 119 Å². The van der Waals surface area contributed by atoms with E-state index in [1.807, 2.05) is 0 Å². The number of halogens is 3. The quantitative estimate of drug-likeness (QED) is 0.843. The highest BCUT2D eigenvalue weighted by Gasteiger charge is 2.25. The van der Waals surface area contributed by atoms with Gasteiger partial charge in [-0.1, -0.05) is 28.4 Å². The number of benzene rings is 1. The Bertz CT molecular complexity index is 467. The van der Waals surface area contributed by atoms with E-state index in [9.17, 15) is 13.6 Å². The van der Waals surface area contributed by atoms with Crippen LogP contribution in [0.2, 0.25) is 0 Å². The molecule has 1 saturated carbocycles. The molecule has 0 aromatic heterocycles. The molecule has 0 saturated heterocycles. The molecule has 1 fully saturated rings. The van der Waals surface area contributed by atoms with Crippen LogP contribution in [0.3, 0.4) is 0 Å². The number of hydrogen-bond acceptors (Lipinski definition) is 1. The minimum absolute atomic E-state index is 0.0498. The fourth-order valence-corrected chi connectivity index (χ4v) is 3.14. The normalized spacial score (nSPS) is 22.5. The summed E-state index contributed by atoms with van der Waals surface area (Å²) < 4.78 is 26.1. The van der Waals surface area contributed by atoms with Gasteiger partial charge in [-0.15, -0.1) is 0 Å². The van der Waals surface area contributed by atoms with Gasteiger partial charge in [0.1, 0.15) is 11.6 Å². The number of carbonyl (C=O) groups is 1. The van der Waals surface area contributed by atoms with Crippen molar-refractivity contribution in [3.63, 3.8) is 0 Å². The van der Waals surface area contributed by atoms with Crippen LogP contribution in [0.5, 0.6) is 0 Å². The smallest absolute Gasteiger partial charge is 0.224 e. The average Bonchev–Trinajstić information content (AvgIpc) is 2.76. The van der Waals surface area contributed by atoms with Crippen molar-refractivity contribution >= 4 is 21.8 Å². The van der Waals surface area contributed by atoms with Gasteiger partial charge in [0.2, 0.25) is 5.91 Å². The summed E-state index contributed by atoms with van der Waals surface area (Å²) in [5, 5.41) is 2.82. The zero-order chi connectivity index (χ0) is 13.8. The number of nitrogens with one attached hydrogen (secondary N) is 1. The molecule has 0 heterocycles. The predicted octanol–water partition coefficient (Wildman–Crippen LogP) is 3.19. The van der Waals surface area contributed by atoms with Crippen LogP contribution in [0.25, 0.3) is 0 Å². The Kier molecular flexibility index (Phi) is 4.91. The first-order valence-electron chi connectivity index (χ1n) is 6.41. The molecule has 1 amide bonds. The zero-order valence-electron chi connectivity index (χ0n) is 10.5. The van der Waals surface area contributed by atoms with Crippen LogP contribution in [0.4, 0.5) is 8.78 Å². The number of hydrogen-bond donors (Lipinski definition) is 1. The summed E-state index contributed by atoms with van der Waals surface area (Å²) in [5.41, 5.74) is 0.223. The lowest BCUT2D eigenvalue weighted by atomic mass is 10.1. The van der Waals surface area contributed by atoms with Crippen molar-refractivity contribution in [2.45, 2.75) is 30.5 Å². The van der Waals surface area contributed by atoms with Gasteiger partial charge in [-0.25, -0.2) is 8.78 Å². The van der Waals surface area contributed by atoms with E-state index in [0.717, 1.165) is 25.0 Å². The first kappa shape index (κ1) is 14.4. The predicted molar refractivity (Wildman–Crippen MR) is 73.1 cm³/mol. The Morgan fingerprint density at radius 2 is 2.16 bits per heavy atom. The molecule has 2 atom stereocenters. The van der Waals surface area contributed by atoms with E-state index in [4.69, 9.17) is 0 Å². The number of rotatable bonds is 4. The Morgan fingerprint density at radius 1 is 1.37 bits per heavy atom. The molecule has 104 valence electrons. The van der Waals surface area contributed by atoms with Crippen molar-refractivity contribution in [1.29, 1.82) is 0 Å². The topological polar surface area (TPSA) is 29.1 Å². The molecule has 1 aliphatic rings. The van der Waals surface area contributed by atoms with Crippen LogP contribution in [0.1, 0.15) is 24.8 Å². The average molecular weight is 332 g/mol. The maximum Gasteiger partial charge on any atom is 0.224 e. The Morgan fingerprint density at radius 3 is 2.79 bits per heavy atom. The summed E-state index contributed by atoms with van der Waals surface area (Å²) in [4.78, 5) is 12.2. The van der Waals surface area contributed by atoms with Gasteiger partial charge in [-0.3, -0.25) is 4.79 Å². The zero-order valence-corrected chi connectivity index (χ0v) is 12.1. The van der Waals surface area contributed by atoms with E-state index in [1.165, 1.54) is 12.5 Å². The van der Waals surface area contributed by atoms with Gasteiger partial charge in [0.15, 0.2) is 0 Å². The van der Waals surface area contributed by atoms with Gasteiger partial charge in [0.05, 0.1) is 6.42 Å². The molecule has 0 aliphatic heterocycles. The fourth-order valence-electron chi connectivity index (χ4n) is 2.37. The lowest BCUT2D eigenvalue weighted by Gasteiger charge is -2.14. The molecule has 0 bridgehead atoms. The summed E-state index contributed by atoms with van der Waals surface area (Å²) in [7, 11) is 0. The largest absolute Gasteiger partial charge is 0.355 e. The third kappa shape index (κ3) is 4.00. The van der Waals surface area contributed by atoms with Crippen LogP contribution in [0.15, 0.2) is 18.2 Å². The second-order valence-electron chi connectivity index (χ2n) is 4.92. The van der Waals surface area contributed by atoms with E-state index in [2.05, 4.69) is 21.2 Å². The number of amides is 1. The number of alkyl halides is 1. The summed E-state index contributed by atoms with van der Waals surface area (Å²) in [6.45, 7) is 0.609. The van der Waals surface area contributed by atoms with Crippen molar-refractivity contribution in [2.75, 3.05) is 6.54 Å². The lowest BCUT2D eigenvalue weighted by Crippen LogP contribution is -2.32. The van der Waals surface area contributed by atoms with Gasteiger partial charge >= 0.3 is 0 Å². The minimum Gasteiger partial charge on any atom is -0.355 e. The standard InChI is InChI=1S/C14H16BrF2NO/c15-12-3-1-2-10(12)8-18-14(19)6-9-4-5-11(16)7-13(9)17/h4-5,7,10,12H,1-3,6,8H2,(H,18,19). The summed E-state index contributed by atoms with van der Waals surface area (Å²) in [5.74, 6) is -1.08. The highest BCUT2D eigenvalue weighted by Crippen LogP contribution is 2.30. The molecule has 5 heteroatoms. The summed E-state index contributed by atoms with van der Waals surface area (Å²) in [6.07, 6.45) is 3.35. The van der Waals surface area contributed by atoms with E-state index in [-0.39, 0.29) is 17.9 Å². The van der Waals surface area contributed by atoms with Gasteiger partial charge in [-0.05, 0) is 30.4 Å². The molecule has 1 aromatic rings. The van der Waals surface area contributed by atoms with Crippen molar-refractivity contribution in [1.82, 2.24) is 5.32 Å². The first-order chi connectivity index (χ1) is 9.06. The molecule has 2 rings (SSSR count). The first-order valence-corrected chi connectivity index (χ1v) is 7.32. The minimum atomic E-state index is -0.672. The fraction of sp³-hybridized carbons (Fsp3) is 0.500. The Hall–Kier alpha value is -0.970. The van der Waals surface area contributed by atoms with Crippen molar-refractivity contribution in [3.8, 4) is 0 Å². The second kappa shape index (κ2) is 6.46. The highest BCUT2D eigenvalue weighted by molar-refractivity contribution is 9.09. The van der Waals surface area contributed by atoms with E-state index in [1.54, 1.807) is 0 Å². The summed E-state index contributed by atoms with van der Waals surface area (Å²) in [6, 6.07) is 3.28. The van der Waals surface area contributed by atoms with E-state index in [0.29, 0.717) is 17.3 Å².